The SMILES string of the molecule is O=C(c1ccc(Cl)cc1)N1CCc2ccccc2[C@H]1Cc1ncc(C(F)(F)F)cc1Cl. The van der Waals surface area contributed by atoms with Gasteiger partial charge in [0, 0.05) is 29.7 Å². The van der Waals surface area contributed by atoms with Crippen LogP contribution >= 0.6 is 23.2 Å². The summed E-state index contributed by atoms with van der Waals surface area (Å²) in [5.41, 5.74) is 1.93. The fraction of sp³-hybridized carbons (Fsp3) is 0.217. The Bertz CT molecular complexity index is 1120. The summed E-state index contributed by atoms with van der Waals surface area (Å²) in [6.45, 7) is 0.474. The average molecular weight is 465 g/mol. The van der Waals surface area contributed by atoms with E-state index in [1.54, 1.807) is 29.2 Å². The van der Waals surface area contributed by atoms with Crippen LogP contribution in [0.25, 0.3) is 0 Å². The zero-order valence-electron chi connectivity index (χ0n) is 16.2. The smallest absolute Gasteiger partial charge is 0.331 e. The lowest BCUT2D eigenvalue weighted by Crippen LogP contribution is -2.41. The van der Waals surface area contributed by atoms with Crippen LogP contribution in [-0.2, 0) is 19.0 Å². The second kappa shape index (κ2) is 8.52. The van der Waals surface area contributed by atoms with E-state index in [2.05, 4.69) is 4.98 Å². The number of carbonyl (C=O) groups is 1. The Morgan fingerprint density at radius 1 is 1.10 bits per heavy atom. The lowest BCUT2D eigenvalue weighted by atomic mass is 9.89. The highest BCUT2D eigenvalue weighted by atomic mass is 35.5. The molecule has 2 heterocycles. The normalized spacial score (nSPS) is 16.2. The van der Waals surface area contributed by atoms with Gasteiger partial charge in [0.15, 0.2) is 0 Å². The number of nitrogens with zero attached hydrogens (tertiary/aromatic N) is 2. The minimum atomic E-state index is -4.52. The third-order valence-electron chi connectivity index (χ3n) is 5.40. The number of hydrogen-bond acceptors (Lipinski definition) is 2. The molecule has 0 spiro atoms. The van der Waals surface area contributed by atoms with E-state index in [1.807, 2.05) is 24.3 Å². The molecule has 0 aliphatic carbocycles. The summed E-state index contributed by atoms with van der Waals surface area (Å²) in [6.07, 6.45) is -2.86. The van der Waals surface area contributed by atoms with E-state index >= 15 is 0 Å². The molecule has 4 rings (SSSR count). The van der Waals surface area contributed by atoms with Crippen LogP contribution in [0.2, 0.25) is 10.0 Å². The predicted molar refractivity (Wildman–Crippen MR) is 113 cm³/mol. The van der Waals surface area contributed by atoms with Crippen molar-refractivity contribution in [1.29, 1.82) is 0 Å². The summed E-state index contributed by atoms with van der Waals surface area (Å²) >= 11 is 12.1. The van der Waals surface area contributed by atoms with E-state index in [0.29, 0.717) is 29.2 Å². The van der Waals surface area contributed by atoms with Crippen molar-refractivity contribution in [2.24, 2.45) is 0 Å². The second-order valence-corrected chi connectivity index (χ2v) is 8.17. The summed E-state index contributed by atoms with van der Waals surface area (Å²) < 4.78 is 38.9. The first kappa shape index (κ1) is 21.7. The second-order valence-electron chi connectivity index (χ2n) is 7.32. The molecule has 160 valence electrons. The standard InChI is InChI=1S/C23H17Cl2F3N2O/c24-17-7-5-15(6-8-17)22(31)30-10-9-14-3-1-2-4-18(14)21(30)12-20-19(25)11-16(13-29-20)23(26,27)28/h1-8,11,13,21H,9-10,12H2/t21-/m1/s1. The molecule has 3 aromatic rings. The van der Waals surface area contributed by atoms with Gasteiger partial charge in [-0.05, 0) is 47.9 Å². The van der Waals surface area contributed by atoms with Gasteiger partial charge in [0.05, 0.1) is 22.3 Å². The maximum Gasteiger partial charge on any atom is 0.417 e. The summed E-state index contributed by atoms with van der Waals surface area (Å²) in [7, 11) is 0. The molecule has 0 unspecified atom stereocenters. The minimum absolute atomic E-state index is 0.0724. The van der Waals surface area contributed by atoms with Crippen LogP contribution in [0.15, 0.2) is 60.8 Å². The molecular formula is C23H17Cl2F3N2O. The molecule has 1 atom stereocenters. The first-order valence-corrected chi connectivity index (χ1v) is 10.4. The third-order valence-corrected chi connectivity index (χ3v) is 5.98. The number of aromatic nitrogens is 1. The highest BCUT2D eigenvalue weighted by molar-refractivity contribution is 6.31. The van der Waals surface area contributed by atoms with Crippen molar-refractivity contribution in [3.63, 3.8) is 0 Å². The Morgan fingerprint density at radius 2 is 1.81 bits per heavy atom. The number of benzene rings is 2. The minimum Gasteiger partial charge on any atom is -0.331 e. The topological polar surface area (TPSA) is 33.2 Å². The molecular weight excluding hydrogens is 448 g/mol. The molecule has 0 saturated heterocycles. The van der Waals surface area contributed by atoms with Gasteiger partial charge < -0.3 is 4.90 Å². The Morgan fingerprint density at radius 3 is 2.48 bits per heavy atom. The number of amides is 1. The quantitative estimate of drug-likeness (QED) is 0.449. The molecule has 0 radical (unpaired) electrons. The summed E-state index contributed by atoms with van der Waals surface area (Å²) in [5.74, 6) is -0.181. The first-order valence-electron chi connectivity index (χ1n) is 9.60. The maximum atomic E-state index is 13.3. The van der Waals surface area contributed by atoms with Gasteiger partial charge in [-0.3, -0.25) is 9.78 Å². The van der Waals surface area contributed by atoms with Crippen LogP contribution in [-0.4, -0.2) is 22.3 Å². The van der Waals surface area contributed by atoms with Crippen LogP contribution in [0, 0.1) is 0 Å². The van der Waals surface area contributed by atoms with Crippen LogP contribution in [0.1, 0.15) is 38.8 Å². The largest absolute Gasteiger partial charge is 0.417 e. The fourth-order valence-electron chi connectivity index (χ4n) is 3.83. The number of halogens is 5. The summed E-state index contributed by atoms with van der Waals surface area (Å²) in [5, 5.41) is 0.453. The molecule has 0 N–H and O–H groups in total. The Balaban J connectivity index is 1.70. The van der Waals surface area contributed by atoms with E-state index in [0.717, 1.165) is 23.4 Å². The van der Waals surface area contributed by atoms with Crippen molar-refractivity contribution in [3.8, 4) is 0 Å². The van der Waals surface area contributed by atoms with Crippen LogP contribution in [0.5, 0.6) is 0 Å². The Kier molecular flexibility index (Phi) is 5.95. The Labute approximate surface area is 187 Å². The van der Waals surface area contributed by atoms with Gasteiger partial charge in [-0.25, -0.2) is 0 Å². The molecule has 31 heavy (non-hydrogen) atoms. The zero-order valence-corrected chi connectivity index (χ0v) is 17.7. The number of rotatable bonds is 3. The number of alkyl halides is 3. The fourth-order valence-corrected chi connectivity index (χ4v) is 4.20. The third kappa shape index (κ3) is 4.55. The monoisotopic (exact) mass is 464 g/mol. The van der Waals surface area contributed by atoms with E-state index in [9.17, 15) is 18.0 Å². The Hall–Kier alpha value is -2.57. The molecule has 1 amide bonds. The highest BCUT2D eigenvalue weighted by Crippen LogP contribution is 2.36. The van der Waals surface area contributed by atoms with E-state index < -0.39 is 17.8 Å². The molecule has 0 saturated carbocycles. The van der Waals surface area contributed by atoms with Crippen LogP contribution in [0.4, 0.5) is 13.2 Å². The van der Waals surface area contributed by atoms with E-state index in [1.165, 1.54) is 0 Å². The van der Waals surface area contributed by atoms with Crippen molar-refractivity contribution in [1.82, 2.24) is 9.88 Å². The molecule has 8 heteroatoms. The van der Waals surface area contributed by atoms with Crippen LogP contribution in [0.3, 0.4) is 0 Å². The number of hydrogen-bond donors (Lipinski definition) is 0. The van der Waals surface area contributed by atoms with Gasteiger partial charge in [-0.15, -0.1) is 0 Å². The maximum absolute atomic E-state index is 13.3. The van der Waals surface area contributed by atoms with Gasteiger partial charge in [-0.2, -0.15) is 13.2 Å². The van der Waals surface area contributed by atoms with Gasteiger partial charge in [0.2, 0.25) is 0 Å². The summed E-state index contributed by atoms with van der Waals surface area (Å²) in [4.78, 5) is 19.0. The zero-order chi connectivity index (χ0) is 22.2. The predicted octanol–water partition coefficient (Wildman–Crippen LogP) is 6.39. The van der Waals surface area contributed by atoms with Crippen molar-refractivity contribution < 1.29 is 18.0 Å². The van der Waals surface area contributed by atoms with Crippen molar-refractivity contribution in [2.45, 2.75) is 25.1 Å². The highest BCUT2D eigenvalue weighted by Gasteiger charge is 2.34. The molecule has 1 aliphatic rings. The number of pyridine rings is 1. The molecule has 0 fully saturated rings. The van der Waals surface area contributed by atoms with Crippen molar-refractivity contribution in [2.75, 3.05) is 6.54 Å². The lowest BCUT2D eigenvalue weighted by molar-refractivity contribution is -0.137. The lowest BCUT2D eigenvalue weighted by Gasteiger charge is -2.37. The van der Waals surface area contributed by atoms with Crippen molar-refractivity contribution in [3.05, 3.63) is 98.8 Å². The van der Waals surface area contributed by atoms with E-state index in [4.69, 9.17) is 23.2 Å². The van der Waals surface area contributed by atoms with Gasteiger partial charge in [0.1, 0.15) is 0 Å². The molecule has 1 aromatic heterocycles. The average Bonchev–Trinajstić information content (AvgIpc) is 2.74. The van der Waals surface area contributed by atoms with Crippen LogP contribution < -0.4 is 0 Å². The van der Waals surface area contributed by atoms with E-state index in [-0.39, 0.29) is 17.4 Å². The van der Waals surface area contributed by atoms with Gasteiger partial charge >= 0.3 is 6.18 Å². The number of carbonyl (C=O) groups excluding carboxylic acids is 1. The summed E-state index contributed by atoms with van der Waals surface area (Å²) in [6, 6.07) is 14.8. The first-order chi connectivity index (χ1) is 14.7. The molecule has 2 aromatic carbocycles. The molecule has 3 nitrogen and oxygen atoms in total. The molecule has 1 aliphatic heterocycles. The van der Waals surface area contributed by atoms with Crippen molar-refractivity contribution >= 4 is 29.1 Å². The van der Waals surface area contributed by atoms with Gasteiger partial charge in [0.25, 0.3) is 5.91 Å². The van der Waals surface area contributed by atoms with Gasteiger partial charge in [-0.1, -0.05) is 47.5 Å². The number of fused-ring (bicyclic) bond motifs is 1. The molecule has 0 bridgehead atoms.